The lowest BCUT2D eigenvalue weighted by Gasteiger charge is -2.18. The molecule has 0 radical (unpaired) electrons. The lowest BCUT2D eigenvalue weighted by Crippen LogP contribution is -2.17. The number of rotatable bonds is 6. The molecule has 4 aromatic rings. The molecule has 0 spiro atoms. The van der Waals surface area contributed by atoms with E-state index >= 15 is 0 Å². The fraction of sp³-hybridized carbons (Fsp3) is 0.130. The third kappa shape index (κ3) is 4.26. The SMILES string of the molecule is Cc1ccc(S(=O)(=O)Nc2nc3ccccc3nc2NC(C)c2ccccc2)cc1. The number of para-hydroxylation sites is 2. The van der Waals surface area contributed by atoms with Gasteiger partial charge in [0.25, 0.3) is 10.0 Å². The van der Waals surface area contributed by atoms with Crippen LogP contribution in [0.5, 0.6) is 0 Å². The summed E-state index contributed by atoms with van der Waals surface area (Å²) in [7, 11) is -3.81. The minimum atomic E-state index is -3.81. The Hall–Kier alpha value is -3.45. The van der Waals surface area contributed by atoms with Gasteiger partial charge in [0.15, 0.2) is 11.6 Å². The van der Waals surface area contributed by atoms with Crippen molar-refractivity contribution < 1.29 is 8.42 Å². The summed E-state index contributed by atoms with van der Waals surface area (Å²) in [4.78, 5) is 9.34. The topological polar surface area (TPSA) is 84.0 Å². The van der Waals surface area contributed by atoms with Crippen molar-refractivity contribution in [2.24, 2.45) is 0 Å². The van der Waals surface area contributed by atoms with Crippen molar-refractivity contribution in [2.75, 3.05) is 10.0 Å². The molecule has 0 aliphatic carbocycles. The van der Waals surface area contributed by atoms with E-state index in [9.17, 15) is 8.42 Å². The Balaban J connectivity index is 1.73. The number of benzene rings is 3. The largest absolute Gasteiger partial charge is 0.360 e. The van der Waals surface area contributed by atoms with Crippen LogP contribution >= 0.6 is 0 Å². The summed E-state index contributed by atoms with van der Waals surface area (Å²) < 4.78 is 28.5. The Labute approximate surface area is 176 Å². The number of nitrogens with zero attached hydrogens (tertiary/aromatic N) is 2. The van der Waals surface area contributed by atoms with Crippen molar-refractivity contribution >= 4 is 32.7 Å². The van der Waals surface area contributed by atoms with Crippen LogP contribution in [0.15, 0.2) is 83.8 Å². The van der Waals surface area contributed by atoms with Gasteiger partial charge >= 0.3 is 0 Å². The average Bonchev–Trinajstić information content (AvgIpc) is 2.75. The maximum absolute atomic E-state index is 13.0. The van der Waals surface area contributed by atoms with E-state index in [2.05, 4.69) is 20.0 Å². The van der Waals surface area contributed by atoms with Gasteiger partial charge in [-0.15, -0.1) is 0 Å². The van der Waals surface area contributed by atoms with Gasteiger partial charge in [-0.2, -0.15) is 0 Å². The number of hydrogen-bond donors (Lipinski definition) is 2. The monoisotopic (exact) mass is 418 g/mol. The summed E-state index contributed by atoms with van der Waals surface area (Å²) in [6.45, 7) is 3.90. The molecule has 1 unspecified atom stereocenters. The Morgan fingerprint density at radius 2 is 1.33 bits per heavy atom. The zero-order valence-electron chi connectivity index (χ0n) is 16.7. The molecule has 1 aromatic heterocycles. The summed E-state index contributed by atoms with van der Waals surface area (Å²) in [6, 6.07) is 23.8. The molecular formula is C23H22N4O2S. The van der Waals surface area contributed by atoms with Crippen LogP contribution < -0.4 is 10.0 Å². The number of hydrogen-bond acceptors (Lipinski definition) is 5. The van der Waals surface area contributed by atoms with Gasteiger partial charge in [-0.1, -0.05) is 60.2 Å². The Morgan fingerprint density at radius 3 is 1.97 bits per heavy atom. The number of anilines is 2. The summed E-state index contributed by atoms with van der Waals surface area (Å²) in [5.41, 5.74) is 3.33. The van der Waals surface area contributed by atoms with Crippen molar-refractivity contribution in [2.45, 2.75) is 24.8 Å². The lowest BCUT2D eigenvalue weighted by atomic mass is 10.1. The fourth-order valence-electron chi connectivity index (χ4n) is 3.11. The van der Waals surface area contributed by atoms with Crippen molar-refractivity contribution in [3.05, 3.63) is 90.0 Å². The highest BCUT2D eigenvalue weighted by molar-refractivity contribution is 7.92. The second-order valence-corrected chi connectivity index (χ2v) is 8.79. The van der Waals surface area contributed by atoms with E-state index in [1.54, 1.807) is 30.3 Å². The molecule has 152 valence electrons. The van der Waals surface area contributed by atoms with Gasteiger partial charge in [-0.25, -0.2) is 18.4 Å². The zero-order chi connectivity index (χ0) is 21.1. The van der Waals surface area contributed by atoms with Crippen molar-refractivity contribution in [3.63, 3.8) is 0 Å². The molecule has 0 saturated carbocycles. The molecule has 1 atom stereocenters. The molecule has 0 fully saturated rings. The first-order valence-electron chi connectivity index (χ1n) is 9.60. The summed E-state index contributed by atoms with van der Waals surface area (Å²) >= 11 is 0. The third-order valence-electron chi connectivity index (χ3n) is 4.79. The van der Waals surface area contributed by atoms with Gasteiger partial charge in [0.2, 0.25) is 0 Å². The average molecular weight is 419 g/mol. The second kappa shape index (κ2) is 8.12. The number of aryl methyl sites for hydroxylation is 1. The molecule has 3 aromatic carbocycles. The summed E-state index contributed by atoms with van der Waals surface area (Å²) in [5, 5.41) is 3.30. The predicted molar refractivity (Wildman–Crippen MR) is 120 cm³/mol. The number of nitrogens with one attached hydrogen (secondary N) is 2. The minimum absolute atomic E-state index is 0.0932. The quantitative estimate of drug-likeness (QED) is 0.465. The molecular weight excluding hydrogens is 396 g/mol. The lowest BCUT2D eigenvalue weighted by molar-refractivity contribution is 0.601. The van der Waals surface area contributed by atoms with Gasteiger partial charge in [-0.05, 0) is 43.7 Å². The van der Waals surface area contributed by atoms with Gasteiger partial charge < -0.3 is 5.32 Å². The first-order chi connectivity index (χ1) is 14.4. The van der Waals surface area contributed by atoms with Gasteiger partial charge in [0.1, 0.15) is 0 Å². The Kier molecular flexibility index (Phi) is 5.37. The number of fused-ring (bicyclic) bond motifs is 1. The normalized spacial score (nSPS) is 12.5. The third-order valence-corrected chi connectivity index (χ3v) is 6.14. The van der Waals surface area contributed by atoms with E-state index in [1.165, 1.54) is 0 Å². The van der Waals surface area contributed by atoms with Crippen LogP contribution in [0.25, 0.3) is 11.0 Å². The predicted octanol–water partition coefficient (Wildman–Crippen LogP) is 4.91. The maximum atomic E-state index is 13.0. The van der Waals surface area contributed by atoms with Crippen LogP contribution in [0.3, 0.4) is 0 Å². The van der Waals surface area contributed by atoms with Gasteiger partial charge in [0, 0.05) is 0 Å². The summed E-state index contributed by atoms with van der Waals surface area (Å²) in [6.07, 6.45) is 0. The maximum Gasteiger partial charge on any atom is 0.263 e. The van der Waals surface area contributed by atoms with Crippen LogP contribution in [0, 0.1) is 6.92 Å². The highest BCUT2D eigenvalue weighted by atomic mass is 32.2. The number of sulfonamides is 1. The van der Waals surface area contributed by atoms with Crippen LogP contribution in [-0.4, -0.2) is 18.4 Å². The van der Waals surface area contributed by atoms with Crippen LogP contribution in [-0.2, 0) is 10.0 Å². The minimum Gasteiger partial charge on any atom is -0.360 e. The molecule has 7 heteroatoms. The van der Waals surface area contributed by atoms with Gasteiger partial charge in [-0.3, -0.25) is 4.72 Å². The Morgan fingerprint density at radius 1 is 0.767 bits per heavy atom. The molecule has 4 rings (SSSR count). The number of aromatic nitrogens is 2. The second-order valence-electron chi connectivity index (χ2n) is 7.10. The van der Waals surface area contributed by atoms with Crippen molar-refractivity contribution in [1.82, 2.24) is 9.97 Å². The zero-order valence-corrected chi connectivity index (χ0v) is 17.5. The smallest absolute Gasteiger partial charge is 0.263 e. The molecule has 0 aliphatic heterocycles. The molecule has 30 heavy (non-hydrogen) atoms. The van der Waals surface area contributed by atoms with E-state index in [-0.39, 0.29) is 16.8 Å². The first-order valence-corrected chi connectivity index (χ1v) is 11.1. The first kappa shape index (κ1) is 19.8. The van der Waals surface area contributed by atoms with E-state index < -0.39 is 10.0 Å². The Bertz CT molecular complexity index is 1270. The standard InChI is InChI=1S/C23H22N4O2S/c1-16-12-14-19(15-13-16)30(28,29)27-23-22(24-17(2)18-8-4-3-5-9-18)25-20-10-6-7-11-21(20)26-23/h3-15,17H,1-2H3,(H,24,25)(H,26,27). The molecule has 0 aliphatic rings. The van der Waals surface area contributed by atoms with E-state index in [4.69, 9.17) is 0 Å². The highest BCUT2D eigenvalue weighted by Gasteiger charge is 2.20. The highest BCUT2D eigenvalue weighted by Crippen LogP contribution is 2.27. The molecule has 2 N–H and O–H groups in total. The van der Waals surface area contributed by atoms with Crippen LogP contribution in [0.4, 0.5) is 11.6 Å². The van der Waals surface area contributed by atoms with Crippen LogP contribution in [0.1, 0.15) is 24.1 Å². The van der Waals surface area contributed by atoms with Crippen molar-refractivity contribution in [3.8, 4) is 0 Å². The molecule has 6 nitrogen and oxygen atoms in total. The molecule has 0 saturated heterocycles. The molecule has 0 amide bonds. The molecule has 1 heterocycles. The molecule has 0 bridgehead atoms. The fourth-order valence-corrected chi connectivity index (χ4v) is 4.11. The van der Waals surface area contributed by atoms with E-state index in [0.29, 0.717) is 16.9 Å². The van der Waals surface area contributed by atoms with E-state index in [1.807, 2.05) is 62.4 Å². The summed E-state index contributed by atoms with van der Waals surface area (Å²) in [5.74, 6) is 0.540. The van der Waals surface area contributed by atoms with Gasteiger partial charge in [0.05, 0.1) is 22.0 Å². The van der Waals surface area contributed by atoms with Crippen LogP contribution in [0.2, 0.25) is 0 Å². The van der Waals surface area contributed by atoms with E-state index in [0.717, 1.165) is 11.1 Å². The van der Waals surface area contributed by atoms with Crippen molar-refractivity contribution in [1.29, 1.82) is 0 Å².